The number of rotatable bonds is 8. The van der Waals surface area contributed by atoms with Gasteiger partial charge in [0.05, 0.1) is 26.0 Å². The summed E-state index contributed by atoms with van der Waals surface area (Å²) in [5.41, 5.74) is 2.77. The lowest BCUT2D eigenvalue weighted by molar-refractivity contribution is -0.556. The number of methoxy groups -OCH3 is 1. The van der Waals surface area contributed by atoms with Crippen LogP contribution in [0.25, 0.3) is 0 Å². The molecule has 1 heterocycles. The van der Waals surface area contributed by atoms with Crippen LogP contribution in [0.3, 0.4) is 0 Å². The molecule has 0 spiro atoms. The first kappa shape index (κ1) is 20.5. The van der Waals surface area contributed by atoms with Crippen LogP contribution in [-0.4, -0.2) is 46.0 Å². The molecule has 0 saturated carbocycles. The van der Waals surface area contributed by atoms with Gasteiger partial charge in [0.25, 0.3) is 0 Å². The second-order valence-electron chi connectivity index (χ2n) is 6.28. The number of benzene rings is 1. The average molecular weight is 369 g/mol. The third kappa shape index (κ3) is 5.82. The second-order valence-corrected chi connectivity index (χ2v) is 6.28. The zero-order valence-electron chi connectivity index (χ0n) is 16.4. The summed E-state index contributed by atoms with van der Waals surface area (Å²) in [6.45, 7) is 6.15. The first-order valence-electron chi connectivity index (χ1n) is 9.14. The Morgan fingerprint density at radius 3 is 2.52 bits per heavy atom. The molecule has 2 N–H and O–H groups in total. The number of quaternary nitrogens is 1. The molecule has 1 saturated heterocycles. The van der Waals surface area contributed by atoms with Gasteiger partial charge in [-0.3, -0.25) is 5.01 Å². The van der Waals surface area contributed by atoms with Crippen LogP contribution in [0.15, 0.2) is 65.9 Å². The normalized spacial score (nSPS) is 14.9. The molecule has 27 heavy (non-hydrogen) atoms. The van der Waals surface area contributed by atoms with E-state index in [0.29, 0.717) is 5.57 Å². The lowest BCUT2D eigenvalue weighted by Gasteiger charge is -2.20. The van der Waals surface area contributed by atoms with E-state index in [4.69, 9.17) is 4.74 Å². The van der Waals surface area contributed by atoms with E-state index in [1.165, 1.54) is 25.6 Å². The van der Waals surface area contributed by atoms with Gasteiger partial charge in [0.1, 0.15) is 0 Å². The number of ether oxygens (including phenoxy) is 1. The van der Waals surface area contributed by atoms with Crippen LogP contribution >= 0.6 is 0 Å². The molecule has 1 aromatic carbocycles. The smallest absolute Gasteiger partial charge is 0.359 e. The summed E-state index contributed by atoms with van der Waals surface area (Å²) in [5, 5.41) is 8.00. The highest BCUT2D eigenvalue weighted by Gasteiger charge is 2.16. The Kier molecular flexibility index (Phi) is 7.82. The van der Waals surface area contributed by atoms with Crippen molar-refractivity contribution in [1.82, 2.24) is 0 Å². The largest absolute Gasteiger partial charge is 0.464 e. The molecule has 1 aliphatic heterocycles. The molecule has 0 aromatic heterocycles. The van der Waals surface area contributed by atoms with Crippen LogP contribution in [0.1, 0.15) is 12.8 Å². The summed E-state index contributed by atoms with van der Waals surface area (Å²) in [4.78, 5) is 14.5. The number of carbonyl (C=O) groups is 1. The van der Waals surface area contributed by atoms with Crippen LogP contribution in [0.4, 0.5) is 11.4 Å². The molecule has 144 valence electrons. The molecular weight excluding hydrogens is 340 g/mol. The predicted molar refractivity (Wildman–Crippen MR) is 111 cm³/mol. The zero-order chi connectivity index (χ0) is 19.6. The zero-order valence-corrected chi connectivity index (χ0v) is 16.4. The van der Waals surface area contributed by atoms with Gasteiger partial charge in [-0.2, -0.15) is 5.10 Å². The molecule has 0 bridgehead atoms. The van der Waals surface area contributed by atoms with Gasteiger partial charge in [0, 0.05) is 31.4 Å². The number of hydrogen-bond donors (Lipinski definition) is 1. The lowest BCUT2D eigenvalue weighted by atomic mass is 10.1. The number of anilines is 2. The number of carbonyl (C=O) groups excluding carboxylic acids is 1. The van der Waals surface area contributed by atoms with E-state index in [1.54, 1.807) is 18.1 Å². The summed E-state index contributed by atoms with van der Waals surface area (Å²) < 4.78 is 4.86. The minimum atomic E-state index is -0.517. The van der Waals surface area contributed by atoms with E-state index in [0.717, 1.165) is 18.8 Å². The van der Waals surface area contributed by atoms with E-state index in [-0.39, 0.29) is 5.71 Å². The Morgan fingerprint density at radius 2 is 1.93 bits per heavy atom. The summed E-state index contributed by atoms with van der Waals surface area (Å²) in [5.74, 6) is -0.517. The van der Waals surface area contributed by atoms with Crippen molar-refractivity contribution in [2.45, 2.75) is 12.8 Å². The first-order valence-corrected chi connectivity index (χ1v) is 9.14. The van der Waals surface area contributed by atoms with Gasteiger partial charge >= 0.3 is 5.97 Å². The molecule has 0 amide bonds. The standard InChI is InChI=1S/C21H28N4O2/c1-17(9-5-6-14-22-2)20(21(26)27-4)23-24(3)18-10-12-19(13-11-18)25-15-7-8-16-25/h5-6,9-14,22H,1,7-8,15-16H2,2-4H3/p+1/b9-5-,14-6-,23-20-. The van der Waals surface area contributed by atoms with Gasteiger partial charge in [-0.25, -0.2) is 4.79 Å². The summed E-state index contributed by atoms with van der Waals surface area (Å²) in [7, 11) is 5.08. The number of allylic oxidation sites excluding steroid dienone is 3. The fraction of sp³-hybridized carbons (Fsp3) is 0.333. The van der Waals surface area contributed by atoms with Gasteiger partial charge in [-0.05, 0) is 43.2 Å². The molecule has 0 radical (unpaired) electrons. The van der Waals surface area contributed by atoms with Gasteiger partial charge in [0.15, 0.2) is 5.71 Å². The van der Waals surface area contributed by atoms with Crippen LogP contribution < -0.4 is 15.2 Å². The average Bonchev–Trinajstić information content (AvgIpc) is 3.23. The molecular formula is C21H29N4O2+. The number of hydrazone groups is 1. The van der Waals surface area contributed by atoms with Crippen LogP contribution in [-0.2, 0) is 9.53 Å². The third-order valence-electron chi connectivity index (χ3n) is 4.34. The van der Waals surface area contributed by atoms with Crippen LogP contribution in [0, 0.1) is 0 Å². The van der Waals surface area contributed by atoms with Crippen molar-refractivity contribution in [2.75, 3.05) is 44.2 Å². The molecule has 1 aliphatic rings. The Balaban J connectivity index is 2.16. The summed E-state index contributed by atoms with van der Waals surface area (Å²) in [6, 6.07) is 8.19. The van der Waals surface area contributed by atoms with Crippen molar-refractivity contribution in [2.24, 2.45) is 5.10 Å². The summed E-state index contributed by atoms with van der Waals surface area (Å²) >= 11 is 0. The molecule has 0 aliphatic carbocycles. The fourth-order valence-corrected chi connectivity index (χ4v) is 2.82. The second kappa shape index (κ2) is 10.3. The van der Waals surface area contributed by atoms with Gasteiger partial charge in [-0.1, -0.05) is 18.7 Å². The topological polar surface area (TPSA) is 61.8 Å². The van der Waals surface area contributed by atoms with Gasteiger partial charge in [-0.15, -0.1) is 0 Å². The number of hydrogen-bond acceptors (Lipinski definition) is 5. The molecule has 6 heteroatoms. The highest BCUT2D eigenvalue weighted by atomic mass is 16.5. The van der Waals surface area contributed by atoms with Crippen LogP contribution in [0.2, 0.25) is 0 Å². The van der Waals surface area contributed by atoms with E-state index >= 15 is 0 Å². The lowest BCUT2D eigenvalue weighted by Crippen LogP contribution is -2.72. The molecule has 1 fully saturated rings. The maximum atomic E-state index is 12.1. The van der Waals surface area contributed by atoms with Crippen molar-refractivity contribution < 1.29 is 14.8 Å². The highest BCUT2D eigenvalue weighted by Crippen LogP contribution is 2.23. The van der Waals surface area contributed by atoms with E-state index in [2.05, 4.69) is 28.7 Å². The van der Waals surface area contributed by atoms with Crippen molar-refractivity contribution in [3.8, 4) is 0 Å². The number of esters is 1. The molecule has 0 atom stereocenters. The van der Waals surface area contributed by atoms with Gasteiger partial charge in [0.2, 0.25) is 0 Å². The monoisotopic (exact) mass is 369 g/mol. The minimum absolute atomic E-state index is 0.175. The Bertz CT molecular complexity index is 729. The SMILES string of the molecule is C=C(/C=C\C=C/[NH2+]C)/C(=N/N(C)c1ccc(N2CCCC2)cc1)C(=O)OC. The number of nitrogens with zero attached hydrogens (tertiary/aromatic N) is 3. The molecule has 0 unspecified atom stereocenters. The van der Waals surface area contributed by atoms with Crippen molar-refractivity contribution in [1.29, 1.82) is 0 Å². The van der Waals surface area contributed by atoms with Crippen molar-refractivity contribution >= 4 is 23.1 Å². The van der Waals surface area contributed by atoms with E-state index in [9.17, 15) is 4.79 Å². The molecule has 2 rings (SSSR count). The molecule has 6 nitrogen and oxygen atoms in total. The molecule has 1 aromatic rings. The summed E-state index contributed by atoms with van der Waals surface area (Å²) in [6.07, 6.45) is 9.80. The Hall–Kier alpha value is -2.86. The quantitative estimate of drug-likeness (QED) is 0.330. The van der Waals surface area contributed by atoms with E-state index in [1.807, 2.05) is 42.8 Å². The maximum absolute atomic E-state index is 12.1. The number of nitrogens with two attached hydrogens (primary N) is 1. The van der Waals surface area contributed by atoms with E-state index < -0.39 is 5.97 Å². The fourth-order valence-electron chi connectivity index (χ4n) is 2.82. The van der Waals surface area contributed by atoms with Crippen molar-refractivity contribution in [3.63, 3.8) is 0 Å². The van der Waals surface area contributed by atoms with Crippen molar-refractivity contribution in [3.05, 3.63) is 60.8 Å². The third-order valence-corrected chi connectivity index (χ3v) is 4.34. The van der Waals surface area contributed by atoms with Gasteiger partial charge < -0.3 is 15.0 Å². The first-order chi connectivity index (χ1) is 13.1. The Morgan fingerprint density at radius 1 is 1.26 bits per heavy atom. The minimum Gasteiger partial charge on any atom is -0.464 e. The van der Waals surface area contributed by atoms with Crippen LogP contribution in [0.5, 0.6) is 0 Å². The highest BCUT2D eigenvalue weighted by molar-refractivity contribution is 6.44. The maximum Gasteiger partial charge on any atom is 0.359 e. The Labute approximate surface area is 161 Å². The predicted octanol–water partition coefficient (Wildman–Crippen LogP) is 2.07.